The normalized spacial score (nSPS) is 20.7. The van der Waals surface area contributed by atoms with Gasteiger partial charge < -0.3 is 15.4 Å². The Kier molecular flexibility index (Phi) is 6.95. The summed E-state index contributed by atoms with van der Waals surface area (Å²) in [6.45, 7) is 6.43. The molecule has 9 heteroatoms. The summed E-state index contributed by atoms with van der Waals surface area (Å²) in [6.07, 6.45) is 1.08. The zero-order valence-electron chi connectivity index (χ0n) is 19.8. The lowest BCUT2D eigenvalue weighted by atomic mass is 9.98. The maximum absolute atomic E-state index is 13.5. The Balaban J connectivity index is 1.49. The van der Waals surface area contributed by atoms with Gasteiger partial charge in [0.05, 0.1) is 16.5 Å². The van der Waals surface area contributed by atoms with Crippen molar-refractivity contribution in [2.45, 2.75) is 57.6 Å². The number of nitrogens with one attached hydrogen (secondary N) is 2. The molecule has 2 N–H and O–H groups in total. The molecule has 8 nitrogen and oxygen atoms in total. The Labute approximate surface area is 200 Å². The molecule has 2 aliphatic rings. The minimum absolute atomic E-state index is 0.133. The molecule has 0 aliphatic carbocycles. The number of piperidine rings is 1. The number of amides is 2. The van der Waals surface area contributed by atoms with Crippen molar-refractivity contribution in [1.82, 2.24) is 9.62 Å². The third-order valence-corrected chi connectivity index (χ3v) is 8.40. The van der Waals surface area contributed by atoms with Crippen LogP contribution in [0.2, 0.25) is 0 Å². The first kappa shape index (κ1) is 24.2. The van der Waals surface area contributed by atoms with E-state index in [-0.39, 0.29) is 23.3 Å². The Morgan fingerprint density at radius 3 is 2.76 bits per heavy atom. The summed E-state index contributed by atoms with van der Waals surface area (Å²) in [5.41, 5.74) is 3.12. The van der Waals surface area contributed by atoms with Gasteiger partial charge in [-0.3, -0.25) is 9.59 Å². The SMILES string of the molecule is CC[C@H]1Oc2cc(S(=O)(=O)N3CCC[C@H](C(=O)NCc4cccc(C)c4)C3)c(C)cc2NC1=O. The van der Waals surface area contributed by atoms with Crippen molar-refractivity contribution in [3.63, 3.8) is 0 Å². The molecule has 182 valence electrons. The lowest BCUT2D eigenvalue weighted by Gasteiger charge is -2.32. The molecule has 0 saturated carbocycles. The van der Waals surface area contributed by atoms with Crippen LogP contribution in [-0.2, 0) is 26.2 Å². The van der Waals surface area contributed by atoms with Crippen molar-refractivity contribution in [3.05, 3.63) is 53.1 Å². The van der Waals surface area contributed by atoms with Gasteiger partial charge in [-0.15, -0.1) is 0 Å². The molecular formula is C25H31N3O5S. The van der Waals surface area contributed by atoms with Gasteiger partial charge in [-0.1, -0.05) is 36.8 Å². The topological polar surface area (TPSA) is 105 Å². The van der Waals surface area contributed by atoms with Crippen LogP contribution < -0.4 is 15.4 Å². The van der Waals surface area contributed by atoms with Crippen LogP contribution in [0.1, 0.15) is 42.9 Å². The number of benzene rings is 2. The van der Waals surface area contributed by atoms with E-state index < -0.39 is 22.0 Å². The molecule has 4 rings (SSSR count). The summed E-state index contributed by atoms with van der Waals surface area (Å²) in [4.78, 5) is 25.1. The highest BCUT2D eigenvalue weighted by Gasteiger charge is 2.35. The number of sulfonamides is 1. The maximum atomic E-state index is 13.5. The number of ether oxygens (including phenoxy) is 1. The Morgan fingerprint density at radius 1 is 1.24 bits per heavy atom. The van der Waals surface area contributed by atoms with Crippen LogP contribution in [0, 0.1) is 19.8 Å². The summed E-state index contributed by atoms with van der Waals surface area (Å²) in [5, 5.41) is 5.74. The molecular weight excluding hydrogens is 454 g/mol. The highest BCUT2D eigenvalue weighted by Crippen LogP contribution is 2.36. The van der Waals surface area contributed by atoms with Crippen molar-refractivity contribution in [3.8, 4) is 5.75 Å². The average Bonchev–Trinajstić information content (AvgIpc) is 2.82. The Morgan fingerprint density at radius 2 is 2.03 bits per heavy atom. The molecule has 0 aromatic heterocycles. The standard InChI is InChI=1S/C25H31N3O5S/c1-4-21-25(30)27-20-12-17(3)23(13-22(20)33-21)34(31,32)28-10-6-9-19(15-28)24(29)26-14-18-8-5-7-16(2)11-18/h5,7-8,11-13,19,21H,4,6,9-10,14-15H2,1-3H3,(H,26,29)(H,27,30)/t19-,21+/m0/s1. The number of anilines is 1. The summed E-state index contributed by atoms with van der Waals surface area (Å²) in [5.74, 6) is -0.438. The third kappa shape index (κ3) is 4.95. The molecule has 0 spiro atoms. The van der Waals surface area contributed by atoms with Crippen LogP contribution in [0.5, 0.6) is 5.75 Å². The molecule has 2 aromatic rings. The van der Waals surface area contributed by atoms with E-state index in [1.165, 1.54) is 10.4 Å². The van der Waals surface area contributed by atoms with Crippen LogP contribution in [0.3, 0.4) is 0 Å². The zero-order chi connectivity index (χ0) is 24.5. The Bertz CT molecular complexity index is 1210. The van der Waals surface area contributed by atoms with Crippen molar-refractivity contribution in [1.29, 1.82) is 0 Å². The molecule has 34 heavy (non-hydrogen) atoms. The molecule has 1 fully saturated rings. The van der Waals surface area contributed by atoms with Gasteiger partial charge in [-0.25, -0.2) is 8.42 Å². The minimum Gasteiger partial charge on any atom is -0.478 e. The summed E-state index contributed by atoms with van der Waals surface area (Å²) >= 11 is 0. The predicted molar refractivity (Wildman–Crippen MR) is 129 cm³/mol. The van der Waals surface area contributed by atoms with E-state index in [0.29, 0.717) is 49.4 Å². The molecule has 0 bridgehead atoms. The van der Waals surface area contributed by atoms with Gasteiger partial charge in [0.15, 0.2) is 6.10 Å². The number of rotatable bonds is 6. The third-order valence-electron chi connectivity index (χ3n) is 6.39. The smallest absolute Gasteiger partial charge is 0.265 e. The number of aryl methyl sites for hydroxylation is 2. The van der Waals surface area contributed by atoms with Gasteiger partial charge in [0, 0.05) is 25.7 Å². The number of carbonyl (C=O) groups is 2. The average molecular weight is 486 g/mol. The first-order valence-corrected chi connectivity index (χ1v) is 13.1. The fourth-order valence-corrected chi connectivity index (χ4v) is 6.25. The fourth-order valence-electron chi connectivity index (χ4n) is 4.50. The van der Waals surface area contributed by atoms with Gasteiger partial charge in [0.25, 0.3) is 5.91 Å². The number of hydrogen-bond acceptors (Lipinski definition) is 5. The maximum Gasteiger partial charge on any atom is 0.265 e. The van der Waals surface area contributed by atoms with E-state index in [2.05, 4.69) is 10.6 Å². The number of nitrogens with zero attached hydrogens (tertiary/aromatic N) is 1. The second kappa shape index (κ2) is 9.76. The largest absolute Gasteiger partial charge is 0.478 e. The van der Waals surface area contributed by atoms with E-state index in [1.54, 1.807) is 13.0 Å². The predicted octanol–water partition coefficient (Wildman–Crippen LogP) is 3.13. The number of hydrogen-bond donors (Lipinski definition) is 2. The number of fused-ring (bicyclic) bond motifs is 1. The summed E-state index contributed by atoms with van der Waals surface area (Å²) in [6, 6.07) is 11.0. The van der Waals surface area contributed by atoms with E-state index in [1.807, 2.05) is 38.1 Å². The van der Waals surface area contributed by atoms with E-state index >= 15 is 0 Å². The number of carbonyl (C=O) groups excluding carboxylic acids is 2. The van der Waals surface area contributed by atoms with E-state index in [4.69, 9.17) is 4.74 Å². The second-order valence-corrected chi connectivity index (χ2v) is 10.9. The fraction of sp³-hybridized carbons (Fsp3) is 0.440. The van der Waals surface area contributed by atoms with Crippen molar-refractivity contribution in [2.24, 2.45) is 5.92 Å². The molecule has 2 aromatic carbocycles. The van der Waals surface area contributed by atoms with Crippen molar-refractivity contribution >= 4 is 27.5 Å². The zero-order valence-corrected chi connectivity index (χ0v) is 20.6. The van der Waals surface area contributed by atoms with E-state index in [9.17, 15) is 18.0 Å². The molecule has 0 radical (unpaired) electrons. The van der Waals surface area contributed by atoms with Crippen LogP contribution in [0.15, 0.2) is 41.3 Å². The quantitative estimate of drug-likeness (QED) is 0.654. The first-order valence-electron chi connectivity index (χ1n) is 11.6. The second-order valence-electron chi connectivity index (χ2n) is 9.03. The van der Waals surface area contributed by atoms with Gasteiger partial charge in [0.2, 0.25) is 15.9 Å². The van der Waals surface area contributed by atoms with E-state index in [0.717, 1.165) is 11.1 Å². The van der Waals surface area contributed by atoms with Crippen LogP contribution >= 0.6 is 0 Å². The molecule has 2 atom stereocenters. The molecule has 2 heterocycles. The van der Waals surface area contributed by atoms with Gasteiger partial charge in [0.1, 0.15) is 5.75 Å². The van der Waals surface area contributed by atoms with Gasteiger partial charge in [-0.2, -0.15) is 4.31 Å². The van der Waals surface area contributed by atoms with Crippen LogP contribution in [0.4, 0.5) is 5.69 Å². The van der Waals surface area contributed by atoms with Crippen LogP contribution in [0.25, 0.3) is 0 Å². The van der Waals surface area contributed by atoms with Crippen molar-refractivity contribution in [2.75, 3.05) is 18.4 Å². The molecule has 2 aliphatic heterocycles. The molecule has 0 unspecified atom stereocenters. The molecule has 1 saturated heterocycles. The monoisotopic (exact) mass is 485 g/mol. The van der Waals surface area contributed by atoms with Crippen LogP contribution in [-0.4, -0.2) is 43.7 Å². The lowest BCUT2D eigenvalue weighted by Crippen LogP contribution is -2.45. The Hall–Kier alpha value is -2.91. The summed E-state index contributed by atoms with van der Waals surface area (Å²) in [7, 11) is -3.84. The van der Waals surface area contributed by atoms with Crippen molar-refractivity contribution < 1.29 is 22.7 Å². The minimum atomic E-state index is -3.84. The lowest BCUT2D eigenvalue weighted by molar-refractivity contribution is -0.126. The highest BCUT2D eigenvalue weighted by molar-refractivity contribution is 7.89. The summed E-state index contributed by atoms with van der Waals surface area (Å²) < 4.78 is 34.2. The first-order chi connectivity index (χ1) is 16.2. The van der Waals surface area contributed by atoms with Gasteiger partial charge in [-0.05, 0) is 50.3 Å². The molecule has 2 amide bonds. The highest BCUT2D eigenvalue weighted by atomic mass is 32.2. The van der Waals surface area contributed by atoms with Gasteiger partial charge >= 0.3 is 0 Å².